The second-order valence-corrected chi connectivity index (χ2v) is 5.55. The second kappa shape index (κ2) is 8.23. The lowest BCUT2D eigenvalue weighted by Crippen LogP contribution is -2.42. The van der Waals surface area contributed by atoms with Gasteiger partial charge in [-0.2, -0.15) is 13.2 Å². The smallest absolute Gasteiger partial charge is 0.407 e. The van der Waals surface area contributed by atoms with Gasteiger partial charge in [-0.05, 0) is 24.1 Å². The highest BCUT2D eigenvalue weighted by molar-refractivity contribution is 5.66. The van der Waals surface area contributed by atoms with E-state index in [1.165, 1.54) is 31.2 Å². The van der Waals surface area contributed by atoms with E-state index in [0.717, 1.165) is 6.42 Å². The molecule has 2 aromatic rings. The van der Waals surface area contributed by atoms with Crippen LogP contribution in [0.15, 0.2) is 28.7 Å². The number of aryl methyl sites for hydroxylation is 1. The molecule has 27 heavy (non-hydrogen) atoms. The number of nitrogens with zero attached hydrogens (tertiary/aromatic N) is 2. The van der Waals surface area contributed by atoms with E-state index in [-0.39, 0.29) is 30.2 Å². The molecular weight excluding hydrogens is 374 g/mol. The Morgan fingerprint density at radius 3 is 2.67 bits per heavy atom. The number of benzene rings is 1. The maximum absolute atomic E-state index is 15.1. The minimum Gasteiger partial charge on any atom is -0.494 e. The topological polar surface area (TPSA) is 97.5 Å². The van der Waals surface area contributed by atoms with Crippen LogP contribution in [0.4, 0.5) is 22.4 Å². The fourth-order valence-corrected chi connectivity index (χ4v) is 2.14. The van der Waals surface area contributed by atoms with Gasteiger partial charge in [0.25, 0.3) is 11.7 Å². The first kappa shape index (κ1) is 20.5. The molecule has 11 heteroatoms. The monoisotopic (exact) mass is 390 g/mol. The van der Waals surface area contributed by atoms with E-state index in [0.29, 0.717) is 0 Å². The van der Waals surface area contributed by atoms with E-state index in [2.05, 4.69) is 10.2 Å². The average Bonchev–Trinajstić information content (AvgIpc) is 2.98. The zero-order valence-corrected chi connectivity index (χ0v) is 14.1. The summed E-state index contributed by atoms with van der Waals surface area (Å²) in [7, 11) is 0. The number of hydrogen-bond donors (Lipinski definition) is 2. The van der Waals surface area contributed by atoms with Crippen molar-refractivity contribution < 1.29 is 36.6 Å². The van der Waals surface area contributed by atoms with Crippen LogP contribution in [0, 0.1) is 13.3 Å². The second-order valence-electron chi connectivity index (χ2n) is 5.55. The summed E-state index contributed by atoms with van der Waals surface area (Å²) in [6, 6.07) is 5.75. The number of aromatic nitrogens is 2. The van der Waals surface area contributed by atoms with Crippen LogP contribution >= 0.6 is 0 Å². The van der Waals surface area contributed by atoms with Crippen LogP contribution in [-0.2, 0) is 5.79 Å². The standard InChI is InChI=1S/C16H16F4N3O4/c1-10-22-23-13(27-10)15(17,21-14(24)25)9-11-4-2-5-12(8-11)26-7-3-6-16(18,19)20/h2,4-5,8-9,21H,3,6-7H2,1H3,(H,24,25). The van der Waals surface area contributed by atoms with Crippen LogP contribution in [-0.4, -0.2) is 34.2 Å². The molecule has 2 rings (SSSR count). The van der Waals surface area contributed by atoms with Crippen molar-refractivity contribution in [3.63, 3.8) is 0 Å². The molecule has 1 atom stereocenters. The molecule has 1 radical (unpaired) electrons. The van der Waals surface area contributed by atoms with Crippen LogP contribution in [0.5, 0.6) is 5.75 Å². The fraction of sp³-hybridized carbons (Fsp3) is 0.375. The minimum absolute atomic E-state index is 0.0364. The van der Waals surface area contributed by atoms with Gasteiger partial charge >= 0.3 is 12.3 Å². The Balaban J connectivity index is 2.08. The number of halogens is 4. The molecule has 1 amide bonds. The van der Waals surface area contributed by atoms with Gasteiger partial charge in [-0.15, -0.1) is 10.2 Å². The van der Waals surface area contributed by atoms with Crippen molar-refractivity contribution in [2.24, 2.45) is 0 Å². The van der Waals surface area contributed by atoms with Gasteiger partial charge in [-0.3, -0.25) is 5.32 Å². The minimum atomic E-state index is -4.27. The third kappa shape index (κ3) is 6.42. The van der Waals surface area contributed by atoms with Gasteiger partial charge in [0.1, 0.15) is 5.75 Å². The molecule has 1 aromatic heterocycles. The lowest BCUT2D eigenvalue weighted by atomic mass is 10.0. The van der Waals surface area contributed by atoms with Crippen molar-refractivity contribution in [1.82, 2.24) is 15.5 Å². The molecule has 1 heterocycles. The first-order valence-corrected chi connectivity index (χ1v) is 7.73. The predicted molar refractivity (Wildman–Crippen MR) is 83.6 cm³/mol. The first-order chi connectivity index (χ1) is 12.6. The van der Waals surface area contributed by atoms with Crippen molar-refractivity contribution >= 4 is 6.09 Å². The largest absolute Gasteiger partial charge is 0.494 e. The zero-order chi connectivity index (χ0) is 20.1. The summed E-state index contributed by atoms with van der Waals surface area (Å²) in [5, 5.41) is 17.5. The number of hydrogen-bond acceptors (Lipinski definition) is 5. The molecule has 0 saturated carbocycles. The molecule has 0 saturated heterocycles. The summed E-state index contributed by atoms with van der Waals surface area (Å²) in [5.74, 6) is -3.18. The van der Waals surface area contributed by atoms with E-state index >= 15 is 4.39 Å². The number of carbonyl (C=O) groups is 1. The molecule has 2 N–H and O–H groups in total. The molecule has 147 valence electrons. The summed E-state index contributed by atoms with van der Waals surface area (Å²) in [4.78, 5) is 10.9. The highest BCUT2D eigenvalue weighted by Crippen LogP contribution is 2.30. The molecule has 1 aromatic carbocycles. The van der Waals surface area contributed by atoms with Crippen molar-refractivity contribution in [1.29, 1.82) is 0 Å². The molecular formula is C16H16F4N3O4. The van der Waals surface area contributed by atoms with Crippen LogP contribution < -0.4 is 10.1 Å². The van der Waals surface area contributed by atoms with Crippen molar-refractivity contribution in [3.8, 4) is 5.75 Å². The van der Waals surface area contributed by atoms with Gasteiger partial charge in [0.2, 0.25) is 5.89 Å². The molecule has 0 fully saturated rings. The van der Waals surface area contributed by atoms with Crippen molar-refractivity contribution in [3.05, 3.63) is 48.0 Å². The molecule has 0 spiro atoms. The number of ether oxygens (including phenoxy) is 1. The average molecular weight is 390 g/mol. The third-order valence-corrected chi connectivity index (χ3v) is 3.22. The van der Waals surface area contributed by atoms with Gasteiger partial charge in [0, 0.05) is 13.3 Å². The molecule has 0 bridgehead atoms. The van der Waals surface area contributed by atoms with Gasteiger partial charge in [-0.1, -0.05) is 12.1 Å². The van der Waals surface area contributed by atoms with E-state index in [9.17, 15) is 18.0 Å². The lowest BCUT2D eigenvalue weighted by molar-refractivity contribution is -0.136. The Morgan fingerprint density at radius 2 is 2.07 bits per heavy atom. The Bertz CT molecular complexity index is 781. The van der Waals surface area contributed by atoms with Crippen molar-refractivity contribution in [2.75, 3.05) is 6.61 Å². The van der Waals surface area contributed by atoms with E-state index < -0.39 is 30.4 Å². The van der Waals surface area contributed by atoms with Crippen LogP contribution in [0.1, 0.15) is 30.2 Å². The third-order valence-electron chi connectivity index (χ3n) is 3.22. The number of nitrogens with one attached hydrogen (secondary N) is 1. The normalized spacial score (nSPS) is 13.8. The molecule has 0 aliphatic rings. The number of alkyl halides is 4. The molecule has 7 nitrogen and oxygen atoms in total. The summed E-state index contributed by atoms with van der Waals surface area (Å²) < 4.78 is 61.7. The van der Waals surface area contributed by atoms with Crippen LogP contribution in [0.25, 0.3) is 0 Å². The molecule has 0 aliphatic heterocycles. The number of rotatable bonds is 8. The molecule has 0 aliphatic carbocycles. The number of amides is 1. The fourth-order valence-electron chi connectivity index (χ4n) is 2.14. The Hall–Kier alpha value is -2.85. The van der Waals surface area contributed by atoms with Crippen LogP contribution in [0.2, 0.25) is 0 Å². The number of carboxylic acid groups (broad SMARTS) is 1. The maximum Gasteiger partial charge on any atom is 0.407 e. The van der Waals surface area contributed by atoms with E-state index in [1.807, 2.05) is 0 Å². The SMILES string of the molecule is Cc1nnc(C(F)([CH]c2cccc(OCCCC(F)(F)F)c2)NC(=O)O)o1. The highest BCUT2D eigenvalue weighted by atomic mass is 19.4. The van der Waals surface area contributed by atoms with Gasteiger partial charge in [0.15, 0.2) is 0 Å². The molecule has 1 unspecified atom stereocenters. The van der Waals surface area contributed by atoms with Gasteiger partial charge in [-0.25, -0.2) is 9.18 Å². The van der Waals surface area contributed by atoms with E-state index in [4.69, 9.17) is 14.3 Å². The van der Waals surface area contributed by atoms with E-state index in [1.54, 1.807) is 5.32 Å². The highest BCUT2D eigenvalue weighted by Gasteiger charge is 2.40. The van der Waals surface area contributed by atoms with Crippen LogP contribution in [0.3, 0.4) is 0 Å². The summed E-state index contributed by atoms with van der Waals surface area (Å²) in [6.07, 6.45) is -6.25. The Morgan fingerprint density at radius 1 is 1.33 bits per heavy atom. The first-order valence-electron chi connectivity index (χ1n) is 7.73. The summed E-state index contributed by atoms with van der Waals surface area (Å²) in [5.41, 5.74) is 0.190. The summed E-state index contributed by atoms with van der Waals surface area (Å²) >= 11 is 0. The quantitative estimate of drug-likeness (QED) is 0.405. The van der Waals surface area contributed by atoms with Gasteiger partial charge in [0.05, 0.1) is 13.0 Å². The summed E-state index contributed by atoms with van der Waals surface area (Å²) in [6.45, 7) is 1.23. The Kier molecular flexibility index (Phi) is 6.24. The zero-order valence-electron chi connectivity index (χ0n) is 14.1. The Labute approximate surface area is 151 Å². The van der Waals surface area contributed by atoms with Gasteiger partial charge < -0.3 is 14.3 Å². The maximum atomic E-state index is 15.1. The predicted octanol–water partition coefficient (Wildman–Crippen LogP) is 3.74. The van der Waals surface area contributed by atoms with Crippen molar-refractivity contribution in [2.45, 2.75) is 31.7 Å². The lowest BCUT2D eigenvalue weighted by Gasteiger charge is -2.21.